The molecule has 0 aliphatic heterocycles. The number of hydrogen-bond donors (Lipinski definition) is 2. The van der Waals surface area contributed by atoms with E-state index in [4.69, 9.17) is 0 Å². The van der Waals surface area contributed by atoms with Gasteiger partial charge in [0, 0.05) is 29.9 Å². The van der Waals surface area contributed by atoms with Gasteiger partial charge in [0.1, 0.15) is 0 Å². The van der Waals surface area contributed by atoms with Gasteiger partial charge >= 0.3 is 0 Å². The van der Waals surface area contributed by atoms with Crippen LogP contribution in [0.5, 0.6) is 0 Å². The zero-order valence-electron chi connectivity index (χ0n) is 15.2. The molecule has 0 radical (unpaired) electrons. The van der Waals surface area contributed by atoms with Crippen molar-refractivity contribution in [2.45, 2.75) is 13.8 Å². The first-order valence-corrected chi connectivity index (χ1v) is 8.28. The number of carbonyl (C=O) groups is 2. The van der Waals surface area contributed by atoms with Crippen molar-refractivity contribution in [2.24, 2.45) is 0 Å². The molecule has 5 nitrogen and oxygen atoms in total. The minimum absolute atomic E-state index is 0.178. The molecule has 2 aromatic carbocycles. The van der Waals surface area contributed by atoms with E-state index in [-0.39, 0.29) is 11.8 Å². The molecule has 0 bridgehead atoms. The van der Waals surface area contributed by atoms with Crippen molar-refractivity contribution in [1.29, 1.82) is 0 Å². The molecular formula is C20H25N3O2. The maximum Gasteiger partial charge on any atom is 0.255 e. The maximum atomic E-state index is 12.4. The standard InChI is InChI=1S/C20H25N3O2/c1-14-8-9-18(12-15(14)2)22-20(25)17-7-5-6-16(13-17)19(24)21-10-11-23(3)4/h5-9,12-13H,10-11H2,1-4H3,(H,21,24)(H,22,25). The first kappa shape index (κ1) is 18.7. The Morgan fingerprint density at radius 1 is 0.920 bits per heavy atom. The van der Waals surface area contributed by atoms with Crippen LogP contribution in [0, 0.1) is 13.8 Å². The largest absolute Gasteiger partial charge is 0.351 e. The molecule has 2 N–H and O–H groups in total. The number of nitrogens with zero attached hydrogens (tertiary/aromatic N) is 1. The Kier molecular flexibility index (Phi) is 6.31. The van der Waals surface area contributed by atoms with Crippen LogP contribution < -0.4 is 10.6 Å². The maximum absolute atomic E-state index is 12.4. The molecular weight excluding hydrogens is 314 g/mol. The molecule has 0 saturated carbocycles. The van der Waals surface area contributed by atoms with Gasteiger partial charge in [0.25, 0.3) is 11.8 Å². The highest BCUT2D eigenvalue weighted by atomic mass is 16.2. The van der Waals surface area contributed by atoms with E-state index < -0.39 is 0 Å². The fourth-order valence-electron chi connectivity index (χ4n) is 2.32. The molecule has 0 aliphatic carbocycles. The van der Waals surface area contributed by atoms with Gasteiger partial charge in [-0.15, -0.1) is 0 Å². The van der Waals surface area contributed by atoms with E-state index in [1.54, 1.807) is 24.3 Å². The third kappa shape index (κ3) is 5.43. The third-order valence-corrected chi connectivity index (χ3v) is 4.00. The molecule has 0 aliphatic rings. The zero-order valence-corrected chi connectivity index (χ0v) is 15.2. The summed E-state index contributed by atoms with van der Waals surface area (Å²) in [5.74, 6) is -0.408. The molecule has 0 saturated heterocycles. The fraction of sp³-hybridized carbons (Fsp3) is 0.300. The van der Waals surface area contributed by atoms with E-state index >= 15 is 0 Å². The molecule has 0 atom stereocenters. The lowest BCUT2D eigenvalue weighted by Gasteiger charge is -2.11. The Morgan fingerprint density at radius 2 is 1.60 bits per heavy atom. The van der Waals surface area contributed by atoms with Gasteiger partial charge in [-0.1, -0.05) is 12.1 Å². The predicted octanol–water partition coefficient (Wildman–Crippen LogP) is 2.85. The normalized spacial score (nSPS) is 10.6. The van der Waals surface area contributed by atoms with Gasteiger partial charge in [-0.2, -0.15) is 0 Å². The average Bonchev–Trinajstić information content (AvgIpc) is 2.58. The lowest BCUT2D eigenvalue weighted by molar-refractivity contribution is 0.0951. The Balaban J connectivity index is 2.05. The smallest absolute Gasteiger partial charge is 0.255 e. The van der Waals surface area contributed by atoms with Gasteiger partial charge in [-0.05, 0) is 69.4 Å². The van der Waals surface area contributed by atoms with Gasteiger partial charge in [0.05, 0.1) is 0 Å². The van der Waals surface area contributed by atoms with Crippen LogP contribution >= 0.6 is 0 Å². The number of amides is 2. The first-order valence-electron chi connectivity index (χ1n) is 8.28. The van der Waals surface area contributed by atoms with E-state index in [0.29, 0.717) is 17.7 Å². The van der Waals surface area contributed by atoms with Gasteiger partial charge in [0.15, 0.2) is 0 Å². The number of aryl methyl sites for hydroxylation is 2. The van der Waals surface area contributed by atoms with E-state index in [1.165, 1.54) is 5.56 Å². The summed E-state index contributed by atoms with van der Waals surface area (Å²) < 4.78 is 0. The van der Waals surface area contributed by atoms with Crippen molar-refractivity contribution in [2.75, 3.05) is 32.5 Å². The van der Waals surface area contributed by atoms with Gasteiger partial charge < -0.3 is 15.5 Å². The number of hydrogen-bond acceptors (Lipinski definition) is 3. The predicted molar refractivity (Wildman–Crippen MR) is 101 cm³/mol. The summed E-state index contributed by atoms with van der Waals surface area (Å²) in [6.45, 7) is 5.35. The third-order valence-electron chi connectivity index (χ3n) is 4.00. The Labute approximate surface area is 149 Å². The summed E-state index contributed by atoms with van der Waals surface area (Å²) in [5.41, 5.74) is 3.97. The van der Waals surface area contributed by atoms with Crippen LogP contribution in [0.25, 0.3) is 0 Å². The highest BCUT2D eigenvalue weighted by Crippen LogP contribution is 2.15. The van der Waals surface area contributed by atoms with Crippen molar-refractivity contribution >= 4 is 17.5 Å². The molecule has 2 amide bonds. The average molecular weight is 339 g/mol. The van der Waals surface area contributed by atoms with Crippen molar-refractivity contribution in [3.8, 4) is 0 Å². The van der Waals surface area contributed by atoms with Crippen LogP contribution in [0.1, 0.15) is 31.8 Å². The van der Waals surface area contributed by atoms with Crippen molar-refractivity contribution in [1.82, 2.24) is 10.2 Å². The van der Waals surface area contributed by atoms with Crippen LogP contribution in [-0.4, -0.2) is 43.9 Å². The Bertz CT molecular complexity index is 769. The second kappa shape index (κ2) is 8.44. The number of carbonyl (C=O) groups excluding carboxylic acids is 2. The Hall–Kier alpha value is -2.66. The molecule has 0 aromatic heterocycles. The minimum Gasteiger partial charge on any atom is -0.351 e. The topological polar surface area (TPSA) is 61.4 Å². The summed E-state index contributed by atoms with van der Waals surface area (Å²) in [6.07, 6.45) is 0. The van der Waals surface area contributed by atoms with E-state index in [0.717, 1.165) is 17.8 Å². The highest BCUT2D eigenvalue weighted by Gasteiger charge is 2.11. The van der Waals surface area contributed by atoms with Crippen LogP contribution in [0.4, 0.5) is 5.69 Å². The van der Waals surface area contributed by atoms with Gasteiger partial charge in [-0.25, -0.2) is 0 Å². The number of benzene rings is 2. The van der Waals surface area contributed by atoms with Crippen LogP contribution in [0.3, 0.4) is 0 Å². The molecule has 25 heavy (non-hydrogen) atoms. The zero-order chi connectivity index (χ0) is 18.4. The first-order chi connectivity index (χ1) is 11.9. The summed E-state index contributed by atoms with van der Waals surface area (Å²) in [4.78, 5) is 26.6. The van der Waals surface area contributed by atoms with Crippen LogP contribution in [0.15, 0.2) is 42.5 Å². The summed E-state index contributed by atoms with van der Waals surface area (Å²) >= 11 is 0. The second-order valence-electron chi connectivity index (χ2n) is 6.39. The van der Waals surface area contributed by atoms with E-state index in [9.17, 15) is 9.59 Å². The number of anilines is 1. The van der Waals surface area contributed by atoms with Crippen molar-refractivity contribution in [3.05, 3.63) is 64.7 Å². The van der Waals surface area contributed by atoms with E-state index in [2.05, 4.69) is 10.6 Å². The molecule has 2 aromatic rings. The molecule has 0 fully saturated rings. The SMILES string of the molecule is Cc1ccc(NC(=O)c2cccc(C(=O)NCCN(C)C)c2)cc1C. The van der Waals surface area contributed by atoms with Crippen LogP contribution in [0.2, 0.25) is 0 Å². The minimum atomic E-state index is -0.230. The molecule has 2 rings (SSSR count). The molecule has 5 heteroatoms. The molecule has 0 heterocycles. The van der Waals surface area contributed by atoms with Gasteiger partial charge in [-0.3, -0.25) is 9.59 Å². The Morgan fingerprint density at radius 3 is 2.24 bits per heavy atom. The summed E-state index contributed by atoms with van der Waals surface area (Å²) in [5, 5.41) is 5.72. The van der Waals surface area contributed by atoms with Crippen molar-refractivity contribution < 1.29 is 9.59 Å². The molecule has 132 valence electrons. The van der Waals surface area contributed by atoms with Crippen LogP contribution in [-0.2, 0) is 0 Å². The quantitative estimate of drug-likeness (QED) is 0.851. The van der Waals surface area contributed by atoms with Crippen molar-refractivity contribution in [3.63, 3.8) is 0 Å². The summed E-state index contributed by atoms with van der Waals surface area (Å²) in [7, 11) is 3.90. The van der Waals surface area contributed by atoms with Gasteiger partial charge in [0.2, 0.25) is 0 Å². The lowest BCUT2D eigenvalue weighted by Crippen LogP contribution is -2.31. The number of nitrogens with one attached hydrogen (secondary N) is 2. The lowest BCUT2D eigenvalue weighted by atomic mass is 10.1. The molecule has 0 unspecified atom stereocenters. The monoisotopic (exact) mass is 339 g/mol. The van der Waals surface area contributed by atoms with E-state index in [1.807, 2.05) is 51.0 Å². The summed E-state index contributed by atoms with van der Waals surface area (Å²) in [6, 6.07) is 12.5. The highest BCUT2D eigenvalue weighted by molar-refractivity contribution is 6.06. The fourth-order valence-corrected chi connectivity index (χ4v) is 2.32. The number of likely N-dealkylation sites (N-methyl/N-ethyl adjacent to an activating group) is 1. The molecule has 0 spiro atoms. The number of rotatable bonds is 6. The second-order valence-corrected chi connectivity index (χ2v) is 6.39.